The topological polar surface area (TPSA) is 52.6 Å². The van der Waals surface area contributed by atoms with Crippen LogP contribution in [0.4, 0.5) is 0 Å². The van der Waals surface area contributed by atoms with Crippen LogP contribution in [0.3, 0.4) is 0 Å². The van der Waals surface area contributed by atoms with Crippen LogP contribution < -0.4 is 0 Å². The van der Waals surface area contributed by atoms with E-state index in [1.807, 2.05) is 13.8 Å². The van der Waals surface area contributed by atoms with Crippen molar-refractivity contribution in [1.29, 1.82) is 0 Å². The fraction of sp³-hybridized carbons (Fsp3) is 0.800. The van der Waals surface area contributed by atoms with E-state index in [0.717, 1.165) is 25.7 Å². The molecule has 86 valence electrons. The Hall–Kier alpha value is -0.138. The van der Waals surface area contributed by atoms with Crippen LogP contribution in [0.15, 0.2) is 0 Å². The third kappa shape index (κ3) is 10.2. The summed E-state index contributed by atoms with van der Waals surface area (Å²) in [4.78, 5) is 22.1. The molecule has 0 saturated carbocycles. The number of rotatable bonds is 8. The molecule has 0 bridgehead atoms. The van der Waals surface area contributed by atoms with Crippen LogP contribution >= 0.6 is 0 Å². The Morgan fingerprint density at radius 3 is 1.67 bits per heavy atom. The van der Waals surface area contributed by atoms with E-state index in [9.17, 15) is 9.59 Å². The summed E-state index contributed by atoms with van der Waals surface area (Å²) < 4.78 is 9.81. The fourth-order valence-electron chi connectivity index (χ4n) is 0.858. The predicted octanol–water partition coefficient (Wildman–Crippen LogP) is 1.99. The molecule has 0 aromatic heterocycles. The van der Waals surface area contributed by atoms with Crippen molar-refractivity contribution < 1.29 is 15.0 Å². The van der Waals surface area contributed by atoms with Crippen LogP contribution in [0.25, 0.3) is 0 Å². The summed E-state index contributed by atoms with van der Waals surface area (Å²) in [5, 5.41) is 0. The van der Waals surface area contributed by atoms with Gasteiger partial charge in [0.15, 0.2) is 0 Å². The quantitative estimate of drug-likeness (QED) is 0.576. The number of unbranched alkanes of at least 4 members (excludes halogenated alkanes) is 2. The van der Waals surface area contributed by atoms with Gasteiger partial charge in [0.1, 0.15) is 0 Å². The number of carbonyl (C=O) groups excluding carboxylic acids is 2. The Morgan fingerprint density at radius 1 is 0.933 bits per heavy atom. The molecule has 0 aromatic carbocycles. The molecule has 0 aliphatic rings. The number of hydrogen-bond donors (Lipinski definition) is 0. The standard InChI is InChI=1S/2C5H10O2.Pb/c2*1-2-3-4-5(6)7;/h2*2-4H2,1H3,(H,6,7);/q;;+2/p-2. The van der Waals surface area contributed by atoms with Crippen LogP contribution in [0.1, 0.15) is 52.4 Å². The average molecular weight is 409 g/mol. The van der Waals surface area contributed by atoms with Crippen molar-refractivity contribution in [3.05, 3.63) is 0 Å². The second-order valence-electron chi connectivity index (χ2n) is 3.24. The molecule has 0 aliphatic carbocycles. The van der Waals surface area contributed by atoms with E-state index in [4.69, 9.17) is 5.37 Å². The molecule has 0 fully saturated rings. The first-order valence-electron chi connectivity index (χ1n) is 5.35. The van der Waals surface area contributed by atoms with Gasteiger partial charge in [-0.2, -0.15) is 0 Å². The average Bonchev–Trinajstić information content (AvgIpc) is 2.23. The van der Waals surface area contributed by atoms with Gasteiger partial charge in [-0.15, -0.1) is 0 Å². The first-order valence-corrected chi connectivity index (χ1v) is 8.52. The molecule has 0 unspecified atom stereocenters. The van der Waals surface area contributed by atoms with E-state index in [1.165, 1.54) is 0 Å². The maximum atomic E-state index is 11.0. The zero-order valence-electron chi connectivity index (χ0n) is 9.38. The fourth-order valence-corrected chi connectivity index (χ4v) is 2.54. The molecule has 5 heteroatoms. The van der Waals surface area contributed by atoms with E-state index in [2.05, 4.69) is 0 Å². The van der Waals surface area contributed by atoms with Crippen molar-refractivity contribution in [2.75, 3.05) is 0 Å². The molecule has 15 heavy (non-hydrogen) atoms. The Bertz CT molecular complexity index is 174. The summed E-state index contributed by atoms with van der Waals surface area (Å²) in [5.41, 5.74) is 0. The molecule has 0 rings (SSSR count). The molecule has 0 N–H and O–H groups in total. The summed E-state index contributed by atoms with van der Waals surface area (Å²) in [7, 11) is 0. The van der Waals surface area contributed by atoms with Gasteiger partial charge in [-0.25, -0.2) is 0 Å². The van der Waals surface area contributed by atoms with Crippen molar-refractivity contribution in [3.63, 3.8) is 0 Å². The Labute approximate surface area is 104 Å². The van der Waals surface area contributed by atoms with Gasteiger partial charge in [0.05, 0.1) is 0 Å². The Morgan fingerprint density at radius 2 is 1.33 bits per heavy atom. The van der Waals surface area contributed by atoms with E-state index >= 15 is 0 Å². The van der Waals surface area contributed by atoms with Gasteiger partial charge in [0.25, 0.3) is 0 Å². The van der Waals surface area contributed by atoms with Crippen molar-refractivity contribution in [3.8, 4) is 0 Å². The van der Waals surface area contributed by atoms with Gasteiger partial charge < -0.3 is 0 Å². The molecule has 0 aromatic rings. The summed E-state index contributed by atoms with van der Waals surface area (Å²) in [5.74, 6) is -0.438. The van der Waals surface area contributed by atoms with Gasteiger partial charge in [0.2, 0.25) is 0 Å². The summed E-state index contributed by atoms with van der Waals surface area (Å²) in [6.07, 6.45) is 4.50. The normalized spacial score (nSPS) is 9.73. The monoisotopic (exact) mass is 410 g/mol. The van der Waals surface area contributed by atoms with Crippen LogP contribution in [-0.2, 0) is 15.0 Å². The SMILES string of the molecule is CCCCC(=O)[O][Pb][O]C(=O)CCCC. The van der Waals surface area contributed by atoms with Crippen molar-refractivity contribution in [2.45, 2.75) is 52.4 Å². The second kappa shape index (κ2) is 10.4. The summed E-state index contributed by atoms with van der Waals surface area (Å²) in [6, 6.07) is 0. The number of hydrogen-bond acceptors (Lipinski definition) is 4. The maximum absolute atomic E-state index is 11.0. The molecular weight excluding hydrogens is 391 g/mol. The first kappa shape index (κ1) is 14.9. The molecule has 0 heterocycles. The minimum atomic E-state index is -1.92. The van der Waals surface area contributed by atoms with Gasteiger partial charge in [0, 0.05) is 0 Å². The molecule has 0 amide bonds. The van der Waals surface area contributed by atoms with Gasteiger partial charge in [-0.3, -0.25) is 0 Å². The second-order valence-corrected chi connectivity index (χ2v) is 5.47. The molecule has 4 nitrogen and oxygen atoms in total. The molecule has 0 atom stereocenters. The zero-order chi connectivity index (χ0) is 11.5. The zero-order valence-corrected chi connectivity index (χ0v) is 13.3. The van der Waals surface area contributed by atoms with E-state index < -0.39 is 25.1 Å². The molecule has 0 aliphatic heterocycles. The van der Waals surface area contributed by atoms with Crippen LogP contribution in [0.5, 0.6) is 0 Å². The van der Waals surface area contributed by atoms with Crippen molar-refractivity contribution in [2.24, 2.45) is 0 Å². The van der Waals surface area contributed by atoms with E-state index in [-0.39, 0.29) is 11.9 Å². The van der Waals surface area contributed by atoms with Crippen molar-refractivity contribution in [1.82, 2.24) is 0 Å². The van der Waals surface area contributed by atoms with Crippen LogP contribution in [-0.4, -0.2) is 37.1 Å². The molecule has 2 radical (unpaired) electrons. The summed E-state index contributed by atoms with van der Waals surface area (Å²) >= 11 is -1.92. The van der Waals surface area contributed by atoms with Crippen LogP contribution in [0, 0.1) is 0 Å². The van der Waals surface area contributed by atoms with E-state index in [0.29, 0.717) is 12.8 Å². The van der Waals surface area contributed by atoms with Gasteiger partial charge in [-0.05, 0) is 0 Å². The van der Waals surface area contributed by atoms with Gasteiger partial charge in [-0.1, -0.05) is 0 Å². The minimum absolute atomic E-state index is 0.219. The van der Waals surface area contributed by atoms with E-state index in [1.54, 1.807) is 0 Å². The third-order valence-corrected chi connectivity index (χ3v) is 4.20. The summed E-state index contributed by atoms with van der Waals surface area (Å²) in [6.45, 7) is 4.03. The predicted molar refractivity (Wildman–Crippen MR) is 57.0 cm³/mol. The molecular formula is C10H18O4Pb. The Kier molecular flexibility index (Phi) is 10.3. The Balaban J connectivity index is 3.36. The third-order valence-electron chi connectivity index (χ3n) is 1.78. The first-order chi connectivity index (χ1) is 7.20. The number of carbonyl (C=O) groups is 2. The molecule has 0 spiro atoms. The van der Waals surface area contributed by atoms with Gasteiger partial charge >= 0.3 is 104 Å². The van der Waals surface area contributed by atoms with Crippen LogP contribution in [0.2, 0.25) is 0 Å². The van der Waals surface area contributed by atoms with Crippen molar-refractivity contribution >= 4 is 37.1 Å². The molecule has 0 saturated heterocycles.